The second-order valence-corrected chi connectivity index (χ2v) is 4.20. The molecular formula is C8H13BrO6. The maximum atomic E-state index is 10.5. The van der Waals surface area contributed by atoms with Crippen LogP contribution in [0.1, 0.15) is 6.92 Å². The number of carbonyl (C=O) groups is 1. The molecule has 5 atom stereocenters. The number of aliphatic hydroxyl groups excluding tert-OH is 3. The van der Waals surface area contributed by atoms with E-state index in [2.05, 4.69) is 20.7 Å². The largest absolute Gasteiger partial charge is 0.463 e. The number of hydrogen-bond acceptors (Lipinski definition) is 6. The van der Waals surface area contributed by atoms with E-state index in [-0.39, 0.29) is 6.61 Å². The van der Waals surface area contributed by atoms with Crippen molar-refractivity contribution in [1.82, 2.24) is 0 Å². The van der Waals surface area contributed by atoms with Gasteiger partial charge < -0.3 is 24.8 Å². The molecule has 0 unspecified atom stereocenters. The number of rotatable bonds is 2. The third-order valence-corrected chi connectivity index (χ3v) is 2.86. The normalized spacial score (nSPS) is 41.3. The quantitative estimate of drug-likeness (QED) is 0.433. The van der Waals surface area contributed by atoms with Crippen LogP contribution >= 0.6 is 15.9 Å². The monoisotopic (exact) mass is 284 g/mol. The fraction of sp³-hybridized carbons (Fsp3) is 0.875. The summed E-state index contributed by atoms with van der Waals surface area (Å²) < 4.78 is 9.76. The molecule has 3 N–H and O–H groups in total. The van der Waals surface area contributed by atoms with Crippen molar-refractivity contribution in [2.75, 3.05) is 6.61 Å². The van der Waals surface area contributed by atoms with Crippen LogP contribution in [0.15, 0.2) is 0 Å². The highest BCUT2D eigenvalue weighted by Gasteiger charge is 2.42. The second-order valence-electron chi connectivity index (χ2n) is 3.30. The number of alkyl halides is 1. The Morgan fingerprint density at radius 3 is 2.47 bits per heavy atom. The van der Waals surface area contributed by atoms with Gasteiger partial charge in [0, 0.05) is 6.92 Å². The van der Waals surface area contributed by atoms with Crippen LogP contribution in [0.2, 0.25) is 0 Å². The number of esters is 1. The summed E-state index contributed by atoms with van der Waals surface area (Å²) in [7, 11) is 0. The molecule has 0 amide bonds. The minimum atomic E-state index is -1.33. The van der Waals surface area contributed by atoms with Gasteiger partial charge in [0.25, 0.3) is 0 Å². The minimum Gasteiger partial charge on any atom is -0.463 e. The first kappa shape index (κ1) is 12.9. The van der Waals surface area contributed by atoms with E-state index >= 15 is 0 Å². The summed E-state index contributed by atoms with van der Waals surface area (Å²) in [5, 5.41) is 27.4. The zero-order chi connectivity index (χ0) is 11.6. The summed E-state index contributed by atoms with van der Waals surface area (Å²) in [6.07, 6.45) is -4.68. The molecule has 0 radical (unpaired) electrons. The number of carbonyl (C=O) groups excluding carboxylic acids is 1. The molecule has 1 aliphatic rings. The number of halogens is 1. The Labute approximate surface area is 94.9 Å². The van der Waals surface area contributed by atoms with Crippen LogP contribution in [0.5, 0.6) is 0 Å². The Morgan fingerprint density at radius 2 is 1.93 bits per heavy atom. The molecule has 88 valence electrons. The lowest BCUT2D eigenvalue weighted by Gasteiger charge is -2.37. The van der Waals surface area contributed by atoms with Crippen molar-refractivity contribution in [3.8, 4) is 0 Å². The van der Waals surface area contributed by atoms with Gasteiger partial charge in [-0.2, -0.15) is 0 Å². The average Bonchev–Trinajstić information content (AvgIpc) is 2.18. The molecule has 0 aromatic heterocycles. The van der Waals surface area contributed by atoms with Crippen LogP contribution in [-0.4, -0.2) is 57.3 Å². The van der Waals surface area contributed by atoms with Crippen LogP contribution < -0.4 is 0 Å². The molecule has 1 saturated heterocycles. The van der Waals surface area contributed by atoms with Gasteiger partial charge in [0.2, 0.25) is 0 Å². The zero-order valence-corrected chi connectivity index (χ0v) is 9.62. The molecule has 7 heteroatoms. The predicted octanol–water partition coefficient (Wildman–Crippen LogP) is -1.25. The molecule has 0 spiro atoms. The Morgan fingerprint density at radius 1 is 1.33 bits per heavy atom. The SMILES string of the molecule is CC(=O)OC[C@H]1O[C@H](Br)[C@H](O)[C@@H](O)[C@@H]1O. The summed E-state index contributed by atoms with van der Waals surface area (Å²) in [5.41, 5.74) is 0. The lowest BCUT2D eigenvalue weighted by Crippen LogP contribution is -2.57. The van der Waals surface area contributed by atoms with E-state index in [1.54, 1.807) is 0 Å². The summed E-state index contributed by atoms with van der Waals surface area (Å²) >= 11 is 2.99. The highest BCUT2D eigenvalue weighted by Crippen LogP contribution is 2.24. The molecule has 0 aromatic carbocycles. The van der Waals surface area contributed by atoms with Gasteiger partial charge in [-0.25, -0.2) is 0 Å². The Bertz CT molecular complexity index is 235. The molecule has 15 heavy (non-hydrogen) atoms. The number of aliphatic hydroxyl groups is 3. The lowest BCUT2D eigenvalue weighted by molar-refractivity contribution is -0.208. The molecule has 1 aliphatic heterocycles. The van der Waals surface area contributed by atoms with Crippen molar-refractivity contribution >= 4 is 21.9 Å². The van der Waals surface area contributed by atoms with Crippen molar-refractivity contribution in [2.24, 2.45) is 0 Å². The van der Waals surface area contributed by atoms with Crippen LogP contribution in [0.4, 0.5) is 0 Å². The topological polar surface area (TPSA) is 96.2 Å². The van der Waals surface area contributed by atoms with Crippen LogP contribution in [0, 0.1) is 0 Å². The molecule has 1 heterocycles. The van der Waals surface area contributed by atoms with Gasteiger partial charge in [0.15, 0.2) is 0 Å². The first-order valence-corrected chi connectivity index (χ1v) is 5.32. The number of ether oxygens (including phenoxy) is 2. The van der Waals surface area contributed by atoms with E-state index in [1.807, 2.05) is 0 Å². The van der Waals surface area contributed by atoms with E-state index in [1.165, 1.54) is 6.92 Å². The highest BCUT2D eigenvalue weighted by molar-refractivity contribution is 9.09. The van der Waals surface area contributed by atoms with Crippen molar-refractivity contribution in [3.05, 3.63) is 0 Å². The van der Waals surface area contributed by atoms with E-state index in [0.29, 0.717) is 0 Å². The van der Waals surface area contributed by atoms with Crippen LogP contribution in [-0.2, 0) is 14.3 Å². The van der Waals surface area contributed by atoms with Gasteiger partial charge in [-0.05, 0) is 0 Å². The molecule has 1 rings (SSSR count). The van der Waals surface area contributed by atoms with Gasteiger partial charge >= 0.3 is 5.97 Å². The first-order chi connectivity index (χ1) is 6.93. The summed E-state index contributed by atoms with van der Waals surface area (Å²) in [6.45, 7) is 1.06. The van der Waals surface area contributed by atoms with E-state index < -0.39 is 35.4 Å². The average molecular weight is 285 g/mol. The van der Waals surface area contributed by atoms with Crippen LogP contribution in [0.25, 0.3) is 0 Å². The minimum absolute atomic E-state index is 0.164. The van der Waals surface area contributed by atoms with Crippen molar-refractivity contribution in [1.29, 1.82) is 0 Å². The molecule has 0 bridgehead atoms. The first-order valence-electron chi connectivity index (χ1n) is 4.40. The Hall–Kier alpha value is -0.210. The highest BCUT2D eigenvalue weighted by atomic mass is 79.9. The smallest absolute Gasteiger partial charge is 0.302 e. The maximum absolute atomic E-state index is 10.5. The lowest BCUT2D eigenvalue weighted by atomic mass is 10.0. The maximum Gasteiger partial charge on any atom is 0.302 e. The van der Waals surface area contributed by atoms with Gasteiger partial charge in [-0.15, -0.1) is 0 Å². The standard InChI is InChI=1S/C8H13BrO6/c1-3(10)14-2-4-5(11)6(12)7(13)8(9)15-4/h4-8,11-13H,2H2,1H3/t4-,5-,6+,7-,8+/m1/s1. The van der Waals surface area contributed by atoms with E-state index in [9.17, 15) is 20.1 Å². The zero-order valence-electron chi connectivity index (χ0n) is 8.04. The van der Waals surface area contributed by atoms with Crippen LogP contribution in [0.3, 0.4) is 0 Å². The summed E-state index contributed by atoms with van der Waals surface area (Å²) in [4.78, 5) is 10.5. The third-order valence-electron chi connectivity index (χ3n) is 2.10. The fourth-order valence-electron chi connectivity index (χ4n) is 1.24. The second kappa shape index (κ2) is 5.22. The molecule has 0 aromatic rings. The van der Waals surface area contributed by atoms with Gasteiger partial charge in [-0.1, -0.05) is 15.9 Å². The van der Waals surface area contributed by atoms with E-state index in [4.69, 9.17) is 4.74 Å². The van der Waals surface area contributed by atoms with Crippen molar-refractivity contribution < 1.29 is 29.6 Å². The van der Waals surface area contributed by atoms with E-state index in [0.717, 1.165) is 0 Å². The van der Waals surface area contributed by atoms with Gasteiger partial charge in [-0.3, -0.25) is 4.79 Å². The van der Waals surface area contributed by atoms with Crippen molar-refractivity contribution in [3.63, 3.8) is 0 Å². The molecule has 0 aliphatic carbocycles. The Balaban J connectivity index is 2.54. The van der Waals surface area contributed by atoms with Gasteiger partial charge in [0.1, 0.15) is 36.0 Å². The number of hydrogen-bond donors (Lipinski definition) is 3. The molecule has 0 saturated carbocycles. The Kier molecular flexibility index (Phi) is 4.47. The van der Waals surface area contributed by atoms with Crippen molar-refractivity contribution in [2.45, 2.75) is 36.4 Å². The third kappa shape index (κ3) is 3.12. The molecule has 6 nitrogen and oxygen atoms in total. The fourth-order valence-corrected chi connectivity index (χ4v) is 1.83. The summed E-state index contributed by atoms with van der Waals surface area (Å²) in [5.74, 6) is -0.502. The predicted molar refractivity (Wildman–Crippen MR) is 52.2 cm³/mol. The molecular weight excluding hydrogens is 272 g/mol. The summed E-state index contributed by atoms with van der Waals surface area (Å²) in [6, 6.07) is 0. The molecule has 1 fully saturated rings. The van der Waals surface area contributed by atoms with Gasteiger partial charge in [0.05, 0.1) is 0 Å².